The van der Waals surface area contributed by atoms with E-state index < -0.39 is 12.1 Å². The van der Waals surface area contributed by atoms with Crippen LogP contribution in [0.4, 0.5) is 10.7 Å². The summed E-state index contributed by atoms with van der Waals surface area (Å²) in [4.78, 5) is 33.8. The van der Waals surface area contributed by atoms with Crippen molar-refractivity contribution in [3.63, 3.8) is 0 Å². The third-order valence-electron chi connectivity index (χ3n) is 5.12. The molecule has 0 bridgehead atoms. The van der Waals surface area contributed by atoms with Crippen molar-refractivity contribution in [3.05, 3.63) is 42.1 Å². The Balaban J connectivity index is 1.98. The van der Waals surface area contributed by atoms with E-state index in [0.717, 1.165) is 24.0 Å². The number of unbranched alkanes of at least 4 members (excludes halogenated alkanes) is 4. The average Bonchev–Trinajstić information content (AvgIpc) is 2.81. The van der Waals surface area contributed by atoms with Gasteiger partial charge >= 0.3 is 12.0 Å². The van der Waals surface area contributed by atoms with Gasteiger partial charge in [-0.15, -0.1) is 0 Å². The molecule has 2 rings (SSSR count). The number of urea groups is 1. The summed E-state index contributed by atoms with van der Waals surface area (Å²) in [6.45, 7) is 4.93. The molecule has 2 amide bonds. The number of anilines is 1. The van der Waals surface area contributed by atoms with Gasteiger partial charge in [0.2, 0.25) is 5.95 Å². The molecule has 1 aromatic heterocycles. The van der Waals surface area contributed by atoms with Gasteiger partial charge in [-0.05, 0) is 25.0 Å². The zero-order chi connectivity index (χ0) is 23.3. The lowest BCUT2D eigenvalue weighted by molar-refractivity contribution is -0.149. The van der Waals surface area contributed by atoms with Crippen LogP contribution < -0.4 is 10.2 Å². The van der Waals surface area contributed by atoms with Crippen LogP contribution in [0.2, 0.25) is 0 Å². The standard InChI is InChI=1S/C24H34N4O4/c1-4-6-7-8-9-15-26-24(31)28(3)23-25-16-14-20(27-23)19-12-10-18(11-13-19)17-21(22(29)30)32-5-2/h10-14,16,21H,4-9,15,17H2,1-3H3,(H,26,31)(H,29,30)/t21-/m0/s1. The number of aromatic nitrogens is 2. The second-order valence-electron chi connectivity index (χ2n) is 7.63. The molecule has 1 aromatic carbocycles. The van der Waals surface area contributed by atoms with E-state index in [9.17, 15) is 14.7 Å². The average molecular weight is 443 g/mol. The number of ether oxygens (including phenoxy) is 1. The lowest BCUT2D eigenvalue weighted by atomic mass is 10.0. The van der Waals surface area contributed by atoms with Gasteiger partial charge in [-0.25, -0.2) is 19.6 Å². The molecule has 1 atom stereocenters. The van der Waals surface area contributed by atoms with Crippen LogP contribution >= 0.6 is 0 Å². The molecule has 32 heavy (non-hydrogen) atoms. The Hall–Kier alpha value is -3.00. The molecule has 0 aliphatic heterocycles. The largest absolute Gasteiger partial charge is 0.479 e. The summed E-state index contributed by atoms with van der Waals surface area (Å²) < 4.78 is 5.28. The van der Waals surface area contributed by atoms with E-state index in [0.29, 0.717) is 31.2 Å². The number of hydrogen-bond acceptors (Lipinski definition) is 5. The van der Waals surface area contributed by atoms with Crippen LogP contribution in [0.15, 0.2) is 36.5 Å². The summed E-state index contributed by atoms with van der Waals surface area (Å²) in [5.74, 6) is -0.656. The monoisotopic (exact) mass is 442 g/mol. The van der Waals surface area contributed by atoms with Crippen LogP contribution in [0.1, 0.15) is 51.5 Å². The summed E-state index contributed by atoms with van der Waals surface area (Å²) in [6, 6.07) is 9.02. The van der Waals surface area contributed by atoms with Crippen molar-refractivity contribution in [2.45, 2.75) is 58.5 Å². The fraction of sp³-hybridized carbons (Fsp3) is 0.500. The molecular weight excluding hydrogens is 408 g/mol. The lowest BCUT2D eigenvalue weighted by Gasteiger charge is -2.17. The van der Waals surface area contributed by atoms with Crippen molar-refractivity contribution in [3.8, 4) is 11.3 Å². The summed E-state index contributed by atoms with van der Waals surface area (Å²) >= 11 is 0. The molecule has 0 unspecified atom stereocenters. The van der Waals surface area contributed by atoms with Crippen molar-refractivity contribution in [1.82, 2.24) is 15.3 Å². The fourth-order valence-electron chi connectivity index (χ4n) is 3.25. The second kappa shape index (κ2) is 13.4. The van der Waals surface area contributed by atoms with E-state index >= 15 is 0 Å². The third kappa shape index (κ3) is 7.92. The third-order valence-corrected chi connectivity index (χ3v) is 5.12. The number of hydrogen-bond donors (Lipinski definition) is 2. The molecule has 0 aliphatic rings. The van der Waals surface area contributed by atoms with Gasteiger partial charge in [0, 0.05) is 38.4 Å². The Labute approximate surface area is 190 Å². The number of amides is 2. The van der Waals surface area contributed by atoms with Gasteiger partial charge in [-0.1, -0.05) is 56.9 Å². The molecule has 8 nitrogen and oxygen atoms in total. The van der Waals surface area contributed by atoms with E-state index in [2.05, 4.69) is 22.2 Å². The molecule has 0 saturated heterocycles. The smallest absolute Gasteiger partial charge is 0.333 e. The van der Waals surface area contributed by atoms with E-state index in [1.165, 1.54) is 24.2 Å². The topological polar surface area (TPSA) is 105 Å². The predicted molar refractivity (Wildman–Crippen MR) is 125 cm³/mol. The van der Waals surface area contributed by atoms with E-state index in [1.54, 1.807) is 26.2 Å². The van der Waals surface area contributed by atoms with Gasteiger partial charge in [0.1, 0.15) is 0 Å². The zero-order valence-corrected chi connectivity index (χ0v) is 19.2. The molecule has 0 aliphatic carbocycles. The quantitative estimate of drug-likeness (QED) is 0.448. The van der Waals surface area contributed by atoms with Crippen LogP contribution in [0.25, 0.3) is 11.3 Å². The number of nitrogens with one attached hydrogen (secondary N) is 1. The lowest BCUT2D eigenvalue weighted by Crippen LogP contribution is -2.38. The van der Waals surface area contributed by atoms with Crippen molar-refractivity contribution >= 4 is 17.9 Å². The minimum Gasteiger partial charge on any atom is -0.479 e. The van der Waals surface area contributed by atoms with Crippen LogP contribution in [-0.4, -0.2) is 53.4 Å². The Morgan fingerprint density at radius 2 is 1.81 bits per heavy atom. The Morgan fingerprint density at radius 1 is 1.09 bits per heavy atom. The summed E-state index contributed by atoms with van der Waals surface area (Å²) in [6.07, 6.45) is 6.72. The first-order chi connectivity index (χ1) is 15.5. The number of carbonyl (C=O) groups is 2. The summed E-state index contributed by atoms with van der Waals surface area (Å²) in [5.41, 5.74) is 2.39. The first kappa shape index (κ1) is 25.3. The highest BCUT2D eigenvalue weighted by atomic mass is 16.5. The highest BCUT2D eigenvalue weighted by Crippen LogP contribution is 2.20. The van der Waals surface area contributed by atoms with Gasteiger partial charge in [0.25, 0.3) is 0 Å². The number of nitrogens with zero attached hydrogens (tertiary/aromatic N) is 3. The van der Waals surface area contributed by atoms with Crippen molar-refractivity contribution in [2.75, 3.05) is 25.1 Å². The van der Waals surface area contributed by atoms with Crippen LogP contribution in [0.3, 0.4) is 0 Å². The normalized spacial score (nSPS) is 11.7. The van der Waals surface area contributed by atoms with Crippen molar-refractivity contribution in [1.29, 1.82) is 0 Å². The Morgan fingerprint density at radius 3 is 2.47 bits per heavy atom. The molecule has 0 fully saturated rings. The second-order valence-corrected chi connectivity index (χ2v) is 7.63. The fourth-order valence-corrected chi connectivity index (χ4v) is 3.25. The van der Waals surface area contributed by atoms with Crippen molar-refractivity contribution in [2.24, 2.45) is 0 Å². The number of carboxylic acid groups (broad SMARTS) is 1. The van der Waals surface area contributed by atoms with Gasteiger partial charge in [0.15, 0.2) is 6.10 Å². The maximum absolute atomic E-state index is 12.4. The Bertz CT molecular complexity index is 857. The molecule has 2 aromatic rings. The van der Waals surface area contributed by atoms with Gasteiger partial charge in [0.05, 0.1) is 5.69 Å². The number of rotatable bonds is 13. The summed E-state index contributed by atoms with van der Waals surface area (Å²) in [5, 5.41) is 12.2. The Kier molecular flexibility index (Phi) is 10.6. The minimum atomic E-state index is -0.973. The minimum absolute atomic E-state index is 0.233. The number of carbonyl (C=O) groups excluding carboxylic acids is 1. The van der Waals surface area contributed by atoms with Gasteiger partial charge in [-0.3, -0.25) is 4.90 Å². The van der Waals surface area contributed by atoms with Crippen LogP contribution in [0.5, 0.6) is 0 Å². The maximum Gasteiger partial charge on any atom is 0.333 e. The highest BCUT2D eigenvalue weighted by Gasteiger charge is 2.18. The molecule has 0 saturated carbocycles. The van der Waals surface area contributed by atoms with E-state index in [-0.39, 0.29) is 6.03 Å². The van der Waals surface area contributed by atoms with Gasteiger partial charge in [-0.2, -0.15) is 0 Å². The highest BCUT2D eigenvalue weighted by molar-refractivity contribution is 5.89. The number of carboxylic acids is 1. The number of aliphatic carboxylic acids is 1. The maximum atomic E-state index is 12.4. The van der Waals surface area contributed by atoms with Crippen molar-refractivity contribution < 1.29 is 19.4 Å². The SMILES string of the molecule is CCCCCCCNC(=O)N(C)c1nccc(-c2ccc(C[C@H](OCC)C(=O)O)cc2)n1. The first-order valence-corrected chi connectivity index (χ1v) is 11.2. The molecule has 2 N–H and O–H groups in total. The van der Waals surface area contributed by atoms with Crippen LogP contribution in [0, 0.1) is 0 Å². The van der Waals surface area contributed by atoms with Gasteiger partial charge < -0.3 is 15.2 Å². The predicted octanol–water partition coefficient (Wildman–Crippen LogP) is 4.29. The molecule has 0 radical (unpaired) electrons. The summed E-state index contributed by atoms with van der Waals surface area (Å²) in [7, 11) is 1.65. The molecule has 0 spiro atoms. The van der Waals surface area contributed by atoms with E-state index in [1.807, 2.05) is 24.3 Å². The molecule has 174 valence electrons. The first-order valence-electron chi connectivity index (χ1n) is 11.2. The number of benzene rings is 1. The molecule has 1 heterocycles. The molecular formula is C24H34N4O4. The van der Waals surface area contributed by atoms with E-state index in [4.69, 9.17) is 4.74 Å². The zero-order valence-electron chi connectivity index (χ0n) is 19.2. The molecule has 8 heteroatoms. The van der Waals surface area contributed by atoms with Crippen LogP contribution in [-0.2, 0) is 16.0 Å².